The number of rotatable bonds is 4. The molecular weight excluding hydrogens is 324 g/mol. The van der Waals surface area contributed by atoms with E-state index in [0.717, 1.165) is 16.1 Å². The maximum absolute atomic E-state index is 11.9. The lowest BCUT2D eigenvalue weighted by Crippen LogP contribution is -2.27. The average Bonchev–Trinajstić information content (AvgIpc) is 3.13. The van der Waals surface area contributed by atoms with Crippen molar-refractivity contribution in [1.82, 2.24) is 25.3 Å². The lowest BCUT2D eigenvalue weighted by molar-refractivity contribution is 0.251. The van der Waals surface area contributed by atoms with Gasteiger partial charge in [0.15, 0.2) is 0 Å². The Hall–Kier alpha value is -2.74. The smallest absolute Gasteiger partial charge is 0.321 e. The van der Waals surface area contributed by atoms with Crippen LogP contribution in [0.25, 0.3) is 10.6 Å². The summed E-state index contributed by atoms with van der Waals surface area (Å²) in [7, 11) is 1.83. The molecule has 2 heterocycles. The zero-order chi connectivity index (χ0) is 17.1. The second-order valence-corrected chi connectivity index (χ2v) is 6.60. The molecule has 0 unspecified atom stereocenters. The summed E-state index contributed by atoms with van der Waals surface area (Å²) in [6.45, 7) is 4.49. The van der Waals surface area contributed by atoms with Crippen molar-refractivity contribution in [2.45, 2.75) is 20.4 Å². The molecule has 8 heteroatoms. The summed E-state index contributed by atoms with van der Waals surface area (Å²) in [5.74, 6) is 0. The number of aromatic nitrogens is 4. The Kier molecular flexibility index (Phi) is 4.57. The average molecular weight is 342 g/mol. The molecule has 1 aromatic carbocycles. The van der Waals surface area contributed by atoms with Crippen LogP contribution >= 0.6 is 11.3 Å². The van der Waals surface area contributed by atoms with Crippen LogP contribution < -0.4 is 10.6 Å². The van der Waals surface area contributed by atoms with Gasteiger partial charge in [-0.25, -0.2) is 4.79 Å². The molecule has 2 aromatic heterocycles. The van der Waals surface area contributed by atoms with Crippen molar-refractivity contribution in [3.05, 3.63) is 47.3 Å². The number of carbonyl (C=O) groups excluding carboxylic acids is 1. The van der Waals surface area contributed by atoms with E-state index in [-0.39, 0.29) is 6.03 Å². The van der Waals surface area contributed by atoms with E-state index in [9.17, 15) is 4.79 Å². The van der Waals surface area contributed by atoms with Crippen molar-refractivity contribution in [3.8, 4) is 10.6 Å². The van der Waals surface area contributed by atoms with Gasteiger partial charge in [0, 0.05) is 30.9 Å². The van der Waals surface area contributed by atoms with Crippen LogP contribution in [0.1, 0.15) is 16.7 Å². The lowest BCUT2D eigenvalue weighted by atomic mass is 10.1. The van der Waals surface area contributed by atoms with Crippen LogP contribution in [-0.2, 0) is 13.6 Å². The standard InChI is InChI=1S/C16H18N6OS/c1-10-4-11(2)6-13(5-10)14-20-21-16(24-14)19-15(23)17-7-12-8-18-22(3)9-12/h4-6,8-9H,7H2,1-3H3,(H2,17,19,21,23). The normalized spacial score (nSPS) is 10.6. The minimum atomic E-state index is -0.318. The number of carbonyl (C=O) groups is 1. The first-order chi connectivity index (χ1) is 11.5. The fourth-order valence-corrected chi connectivity index (χ4v) is 3.10. The number of hydrogen-bond donors (Lipinski definition) is 2. The quantitative estimate of drug-likeness (QED) is 0.763. The summed E-state index contributed by atoms with van der Waals surface area (Å²) in [6.07, 6.45) is 3.56. The third-order valence-electron chi connectivity index (χ3n) is 3.33. The predicted molar refractivity (Wildman–Crippen MR) is 93.9 cm³/mol. The van der Waals surface area contributed by atoms with Crippen LogP contribution in [0.4, 0.5) is 9.93 Å². The molecule has 124 valence electrons. The number of hydrogen-bond acceptors (Lipinski definition) is 5. The molecule has 0 saturated carbocycles. The molecule has 7 nitrogen and oxygen atoms in total. The Morgan fingerprint density at radius 2 is 1.96 bits per heavy atom. The molecule has 0 radical (unpaired) electrons. The minimum absolute atomic E-state index is 0.318. The molecule has 0 bridgehead atoms. The van der Waals surface area contributed by atoms with Gasteiger partial charge >= 0.3 is 6.03 Å². The number of urea groups is 1. The van der Waals surface area contributed by atoms with Gasteiger partial charge in [-0.15, -0.1) is 10.2 Å². The van der Waals surface area contributed by atoms with Gasteiger partial charge < -0.3 is 5.32 Å². The number of benzene rings is 1. The summed E-state index contributed by atoms with van der Waals surface area (Å²) >= 11 is 1.35. The number of aryl methyl sites for hydroxylation is 3. The van der Waals surface area contributed by atoms with Crippen molar-refractivity contribution in [3.63, 3.8) is 0 Å². The zero-order valence-electron chi connectivity index (χ0n) is 13.7. The van der Waals surface area contributed by atoms with Gasteiger partial charge in [-0.05, 0) is 26.0 Å². The molecule has 0 aliphatic carbocycles. The first kappa shape index (κ1) is 16.1. The molecule has 24 heavy (non-hydrogen) atoms. The minimum Gasteiger partial charge on any atom is -0.334 e. The van der Waals surface area contributed by atoms with Crippen molar-refractivity contribution in [2.24, 2.45) is 7.05 Å². The van der Waals surface area contributed by atoms with E-state index >= 15 is 0 Å². The molecule has 3 aromatic rings. The Balaban J connectivity index is 1.62. The molecule has 0 aliphatic heterocycles. The van der Waals surface area contributed by atoms with Crippen LogP contribution in [-0.4, -0.2) is 26.0 Å². The molecule has 2 N–H and O–H groups in total. The van der Waals surface area contributed by atoms with Crippen LogP contribution in [0.2, 0.25) is 0 Å². The zero-order valence-corrected chi connectivity index (χ0v) is 14.5. The van der Waals surface area contributed by atoms with E-state index in [4.69, 9.17) is 0 Å². The first-order valence-corrected chi connectivity index (χ1v) is 8.26. The number of anilines is 1. The fraction of sp³-hybridized carbons (Fsp3) is 0.250. The van der Waals surface area contributed by atoms with Crippen LogP contribution in [0, 0.1) is 13.8 Å². The van der Waals surface area contributed by atoms with E-state index < -0.39 is 0 Å². The first-order valence-electron chi connectivity index (χ1n) is 7.44. The third kappa shape index (κ3) is 3.96. The van der Waals surface area contributed by atoms with E-state index in [1.165, 1.54) is 22.5 Å². The molecule has 0 saturated heterocycles. The molecule has 0 aliphatic rings. The number of nitrogens with one attached hydrogen (secondary N) is 2. The summed E-state index contributed by atoms with van der Waals surface area (Å²) < 4.78 is 1.69. The Morgan fingerprint density at radius 3 is 2.62 bits per heavy atom. The maximum Gasteiger partial charge on any atom is 0.321 e. The van der Waals surface area contributed by atoms with E-state index in [0.29, 0.717) is 11.7 Å². The number of amides is 2. The van der Waals surface area contributed by atoms with Crippen LogP contribution in [0.15, 0.2) is 30.6 Å². The Morgan fingerprint density at radius 1 is 1.21 bits per heavy atom. The summed E-state index contributed by atoms with van der Waals surface area (Å²) in [5, 5.41) is 19.0. The highest BCUT2D eigenvalue weighted by Crippen LogP contribution is 2.27. The maximum atomic E-state index is 11.9. The largest absolute Gasteiger partial charge is 0.334 e. The summed E-state index contributed by atoms with van der Waals surface area (Å²) in [4.78, 5) is 11.9. The predicted octanol–water partition coefficient (Wildman–Crippen LogP) is 2.88. The van der Waals surface area contributed by atoms with Crippen LogP contribution in [0.5, 0.6) is 0 Å². The highest BCUT2D eigenvalue weighted by molar-refractivity contribution is 7.18. The molecule has 0 spiro atoms. The molecule has 0 fully saturated rings. The summed E-state index contributed by atoms with van der Waals surface area (Å²) in [6, 6.07) is 5.90. The van der Waals surface area contributed by atoms with Gasteiger partial charge in [-0.1, -0.05) is 28.5 Å². The third-order valence-corrected chi connectivity index (χ3v) is 4.21. The van der Waals surface area contributed by atoms with Gasteiger partial charge in [-0.3, -0.25) is 10.00 Å². The molecule has 3 rings (SSSR count). The van der Waals surface area contributed by atoms with Crippen molar-refractivity contribution < 1.29 is 4.79 Å². The van der Waals surface area contributed by atoms with E-state index in [1.807, 2.05) is 27.1 Å². The van der Waals surface area contributed by atoms with Crippen molar-refractivity contribution >= 4 is 22.5 Å². The second kappa shape index (κ2) is 6.79. The van der Waals surface area contributed by atoms with Gasteiger partial charge in [0.1, 0.15) is 5.01 Å². The molecule has 2 amide bonds. The second-order valence-electron chi connectivity index (χ2n) is 5.62. The lowest BCUT2D eigenvalue weighted by Gasteiger charge is -2.03. The fourth-order valence-electron chi connectivity index (χ4n) is 2.38. The highest BCUT2D eigenvalue weighted by atomic mass is 32.1. The van der Waals surface area contributed by atoms with Crippen LogP contribution in [0.3, 0.4) is 0 Å². The van der Waals surface area contributed by atoms with E-state index in [1.54, 1.807) is 10.9 Å². The molecule has 0 atom stereocenters. The monoisotopic (exact) mass is 342 g/mol. The van der Waals surface area contributed by atoms with Gasteiger partial charge in [-0.2, -0.15) is 5.10 Å². The number of nitrogens with zero attached hydrogens (tertiary/aromatic N) is 4. The Bertz CT molecular complexity index is 849. The highest BCUT2D eigenvalue weighted by Gasteiger charge is 2.10. The van der Waals surface area contributed by atoms with Gasteiger partial charge in [0.05, 0.1) is 6.20 Å². The van der Waals surface area contributed by atoms with Gasteiger partial charge in [0.2, 0.25) is 5.13 Å². The van der Waals surface area contributed by atoms with Crippen molar-refractivity contribution in [2.75, 3.05) is 5.32 Å². The Labute approximate surface area is 143 Å². The van der Waals surface area contributed by atoms with Crippen molar-refractivity contribution in [1.29, 1.82) is 0 Å². The topological polar surface area (TPSA) is 84.7 Å². The van der Waals surface area contributed by atoms with Gasteiger partial charge in [0.25, 0.3) is 0 Å². The summed E-state index contributed by atoms with van der Waals surface area (Å²) in [5.41, 5.74) is 4.28. The van der Waals surface area contributed by atoms with E-state index in [2.05, 4.69) is 44.1 Å². The SMILES string of the molecule is Cc1cc(C)cc(-c2nnc(NC(=O)NCc3cnn(C)c3)s2)c1. The molecular formula is C16H18N6OS.